The van der Waals surface area contributed by atoms with E-state index in [1.165, 1.54) is 0 Å². The number of hydrogen-bond donors (Lipinski definition) is 1. The number of hydrogen-bond acceptors (Lipinski definition) is 3. The van der Waals surface area contributed by atoms with E-state index in [0.29, 0.717) is 13.0 Å². The summed E-state index contributed by atoms with van der Waals surface area (Å²) in [7, 11) is 0. The molecule has 0 amide bonds. The van der Waals surface area contributed by atoms with Crippen molar-refractivity contribution in [2.45, 2.75) is 13.3 Å². The molecule has 0 saturated carbocycles. The highest BCUT2D eigenvalue weighted by molar-refractivity contribution is 5.72. The fraction of sp³-hybridized carbons (Fsp3) is 0.429. The Kier molecular flexibility index (Phi) is 2.66. The van der Waals surface area contributed by atoms with Crippen molar-refractivity contribution in [1.29, 1.82) is 0 Å². The van der Waals surface area contributed by atoms with Gasteiger partial charge >= 0.3 is 5.97 Å². The van der Waals surface area contributed by atoms with E-state index in [-0.39, 0.29) is 5.97 Å². The lowest BCUT2D eigenvalue weighted by Gasteiger charge is -1.97. The molecule has 1 aromatic rings. The quantitative estimate of drug-likeness (QED) is 0.645. The number of nitrogens with one attached hydrogen (secondary N) is 1. The second-order valence-electron chi connectivity index (χ2n) is 2.09. The smallest absolute Gasteiger partial charge is 0.310 e. The Balaban J connectivity index is 2.37. The number of aromatic amines is 1. The SMILES string of the molecule is CCOC(=O)Cc1cn[nH]c1. The molecule has 1 N–H and O–H groups in total. The molecule has 0 bridgehead atoms. The maximum absolute atomic E-state index is 10.8. The average Bonchev–Trinajstić information content (AvgIpc) is 2.40. The van der Waals surface area contributed by atoms with Gasteiger partial charge in [-0.15, -0.1) is 0 Å². The summed E-state index contributed by atoms with van der Waals surface area (Å²) in [4.78, 5) is 10.8. The minimum atomic E-state index is -0.214. The maximum Gasteiger partial charge on any atom is 0.310 e. The van der Waals surface area contributed by atoms with Crippen LogP contribution in [0.15, 0.2) is 12.4 Å². The van der Waals surface area contributed by atoms with Crippen LogP contribution in [0.1, 0.15) is 12.5 Å². The van der Waals surface area contributed by atoms with E-state index in [0.717, 1.165) is 5.56 Å². The highest BCUT2D eigenvalue weighted by Crippen LogP contribution is 1.96. The van der Waals surface area contributed by atoms with Gasteiger partial charge in [-0.25, -0.2) is 0 Å². The number of rotatable bonds is 3. The predicted molar refractivity (Wildman–Crippen MR) is 38.9 cm³/mol. The Morgan fingerprint density at radius 1 is 1.82 bits per heavy atom. The van der Waals surface area contributed by atoms with Crippen molar-refractivity contribution < 1.29 is 9.53 Å². The summed E-state index contributed by atoms with van der Waals surface area (Å²) in [6.45, 7) is 2.21. The Morgan fingerprint density at radius 2 is 2.64 bits per heavy atom. The molecule has 0 aliphatic rings. The molecule has 1 rings (SSSR count). The molecule has 0 unspecified atom stereocenters. The zero-order valence-corrected chi connectivity index (χ0v) is 6.33. The fourth-order valence-electron chi connectivity index (χ4n) is 0.753. The standard InChI is InChI=1S/C7H10N2O2/c1-2-11-7(10)3-6-4-8-9-5-6/h4-5H,2-3H2,1H3,(H,8,9). The number of esters is 1. The number of nitrogens with zero attached hydrogens (tertiary/aromatic N) is 1. The van der Waals surface area contributed by atoms with Crippen molar-refractivity contribution in [3.05, 3.63) is 18.0 Å². The normalized spacial score (nSPS) is 9.55. The lowest BCUT2D eigenvalue weighted by Crippen LogP contribution is -2.06. The van der Waals surface area contributed by atoms with Crippen LogP contribution in [0.4, 0.5) is 0 Å². The predicted octanol–water partition coefficient (Wildman–Crippen LogP) is 0.515. The van der Waals surface area contributed by atoms with Crippen LogP contribution in [0.3, 0.4) is 0 Å². The second-order valence-corrected chi connectivity index (χ2v) is 2.09. The molecule has 0 fully saturated rings. The van der Waals surface area contributed by atoms with Gasteiger partial charge in [-0.2, -0.15) is 5.10 Å². The van der Waals surface area contributed by atoms with E-state index < -0.39 is 0 Å². The van der Waals surface area contributed by atoms with Gasteiger partial charge in [0.15, 0.2) is 0 Å². The van der Waals surface area contributed by atoms with Crippen molar-refractivity contribution in [3.63, 3.8) is 0 Å². The van der Waals surface area contributed by atoms with E-state index in [1.54, 1.807) is 19.3 Å². The molecule has 0 spiro atoms. The molecule has 0 radical (unpaired) electrons. The first-order chi connectivity index (χ1) is 5.33. The van der Waals surface area contributed by atoms with Crippen LogP contribution in [0.5, 0.6) is 0 Å². The highest BCUT2D eigenvalue weighted by Gasteiger charge is 2.03. The van der Waals surface area contributed by atoms with Crippen molar-refractivity contribution in [1.82, 2.24) is 10.2 Å². The van der Waals surface area contributed by atoms with Crippen LogP contribution >= 0.6 is 0 Å². The van der Waals surface area contributed by atoms with Crippen molar-refractivity contribution in [2.75, 3.05) is 6.61 Å². The molecule has 0 saturated heterocycles. The van der Waals surface area contributed by atoms with Gasteiger partial charge in [0.1, 0.15) is 0 Å². The van der Waals surface area contributed by atoms with Crippen LogP contribution < -0.4 is 0 Å². The molecule has 1 aromatic heterocycles. The molecule has 1 heterocycles. The largest absolute Gasteiger partial charge is 0.466 e. The Hall–Kier alpha value is -1.32. The van der Waals surface area contributed by atoms with Gasteiger partial charge in [-0.05, 0) is 6.92 Å². The molecular formula is C7H10N2O2. The number of carbonyl (C=O) groups excluding carboxylic acids is 1. The summed E-state index contributed by atoms with van der Waals surface area (Å²) < 4.78 is 4.73. The van der Waals surface area contributed by atoms with E-state index in [1.807, 2.05) is 0 Å². The second kappa shape index (κ2) is 3.75. The van der Waals surface area contributed by atoms with Crippen molar-refractivity contribution >= 4 is 5.97 Å². The Morgan fingerprint density at radius 3 is 3.18 bits per heavy atom. The lowest BCUT2D eigenvalue weighted by molar-refractivity contribution is -0.142. The number of H-pyrrole nitrogens is 1. The van der Waals surface area contributed by atoms with Gasteiger partial charge < -0.3 is 4.74 Å². The van der Waals surface area contributed by atoms with Gasteiger partial charge in [-0.1, -0.05) is 0 Å². The molecule has 11 heavy (non-hydrogen) atoms. The van der Waals surface area contributed by atoms with Crippen molar-refractivity contribution in [2.24, 2.45) is 0 Å². The lowest BCUT2D eigenvalue weighted by atomic mass is 10.3. The summed E-state index contributed by atoms with van der Waals surface area (Å²) in [5.41, 5.74) is 0.850. The molecule has 4 heteroatoms. The fourth-order valence-corrected chi connectivity index (χ4v) is 0.753. The first-order valence-corrected chi connectivity index (χ1v) is 3.46. The summed E-state index contributed by atoms with van der Waals surface area (Å²) in [5, 5.41) is 6.32. The van der Waals surface area contributed by atoms with Gasteiger partial charge in [0.05, 0.1) is 19.2 Å². The van der Waals surface area contributed by atoms with E-state index in [2.05, 4.69) is 10.2 Å². The van der Waals surface area contributed by atoms with E-state index >= 15 is 0 Å². The van der Waals surface area contributed by atoms with Crippen LogP contribution in [0.2, 0.25) is 0 Å². The minimum absolute atomic E-state index is 0.214. The third kappa shape index (κ3) is 2.41. The minimum Gasteiger partial charge on any atom is -0.466 e. The Bertz CT molecular complexity index is 218. The van der Waals surface area contributed by atoms with Gasteiger partial charge in [0.25, 0.3) is 0 Å². The van der Waals surface area contributed by atoms with Crippen LogP contribution in [0.25, 0.3) is 0 Å². The van der Waals surface area contributed by atoms with Crippen molar-refractivity contribution in [3.8, 4) is 0 Å². The monoisotopic (exact) mass is 154 g/mol. The summed E-state index contributed by atoms with van der Waals surface area (Å²) in [5.74, 6) is -0.214. The number of aromatic nitrogens is 2. The first kappa shape index (κ1) is 7.78. The number of ether oxygens (including phenoxy) is 1. The molecule has 4 nitrogen and oxygen atoms in total. The highest BCUT2D eigenvalue weighted by atomic mass is 16.5. The average molecular weight is 154 g/mol. The van der Waals surface area contributed by atoms with Crippen LogP contribution in [-0.2, 0) is 16.0 Å². The third-order valence-corrected chi connectivity index (χ3v) is 1.21. The van der Waals surface area contributed by atoms with Gasteiger partial charge in [-0.3, -0.25) is 9.89 Å². The maximum atomic E-state index is 10.8. The van der Waals surface area contributed by atoms with E-state index in [4.69, 9.17) is 4.74 Å². The van der Waals surface area contributed by atoms with E-state index in [9.17, 15) is 4.79 Å². The third-order valence-electron chi connectivity index (χ3n) is 1.21. The van der Waals surface area contributed by atoms with Crippen LogP contribution in [-0.4, -0.2) is 22.8 Å². The topological polar surface area (TPSA) is 55.0 Å². The van der Waals surface area contributed by atoms with Crippen LogP contribution in [0, 0.1) is 0 Å². The Labute approximate surface area is 64.6 Å². The molecule has 0 aromatic carbocycles. The molecule has 60 valence electrons. The summed E-state index contributed by atoms with van der Waals surface area (Å²) in [6.07, 6.45) is 3.58. The zero-order chi connectivity index (χ0) is 8.10. The first-order valence-electron chi connectivity index (χ1n) is 3.46. The molecule has 0 aliphatic heterocycles. The molecule has 0 aliphatic carbocycles. The zero-order valence-electron chi connectivity index (χ0n) is 6.33. The molecular weight excluding hydrogens is 144 g/mol. The van der Waals surface area contributed by atoms with Gasteiger partial charge in [0.2, 0.25) is 0 Å². The summed E-state index contributed by atoms with van der Waals surface area (Å²) in [6, 6.07) is 0. The van der Waals surface area contributed by atoms with Gasteiger partial charge in [0, 0.05) is 11.8 Å². The number of carbonyl (C=O) groups is 1. The summed E-state index contributed by atoms with van der Waals surface area (Å²) >= 11 is 0. The molecule has 0 atom stereocenters.